The summed E-state index contributed by atoms with van der Waals surface area (Å²) in [6, 6.07) is 1.40. The molecular weight excluding hydrogens is 182 g/mol. The maximum Gasteiger partial charge on any atom is 0.255 e. The van der Waals surface area contributed by atoms with Crippen LogP contribution in [0.3, 0.4) is 0 Å². The molecule has 1 amide bonds. The molecule has 4 heteroatoms. The van der Waals surface area contributed by atoms with Gasteiger partial charge in [-0.05, 0) is 13.0 Å². The predicted molar refractivity (Wildman–Crippen MR) is 52.1 cm³/mol. The van der Waals surface area contributed by atoms with Crippen LogP contribution in [0.1, 0.15) is 30.0 Å². The minimum atomic E-state index is -0.234. The topological polar surface area (TPSA) is 62.5 Å². The lowest BCUT2D eigenvalue weighted by molar-refractivity contribution is 0.0920. The minimum Gasteiger partial charge on any atom is -0.469 e. The van der Waals surface area contributed by atoms with Crippen LogP contribution in [0.25, 0.3) is 0 Å². The number of aliphatic hydroxyl groups excluding tert-OH is 1. The largest absolute Gasteiger partial charge is 0.469 e. The zero-order valence-electron chi connectivity index (χ0n) is 8.41. The SMILES string of the molecule is CCc1occc1C(=O)N[C@H](C)CO. The van der Waals surface area contributed by atoms with E-state index in [0.717, 1.165) is 0 Å². The first-order chi connectivity index (χ1) is 6.69. The van der Waals surface area contributed by atoms with Crippen molar-refractivity contribution in [2.75, 3.05) is 6.61 Å². The van der Waals surface area contributed by atoms with E-state index in [4.69, 9.17) is 9.52 Å². The molecule has 0 fully saturated rings. The van der Waals surface area contributed by atoms with E-state index in [0.29, 0.717) is 17.7 Å². The number of hydrogen-bond acceptors (Lipinski definition) is 3. The molecule has 0 aliphatic heterocycles. The molecular formula is C10H15NO3. The summed E-state index contributed by atoms with van der Waals surface area (Å²) in [6.07, 6.45) is 2.18. The summed E-state index contributed by atoms with van der Waals surface area (Å²) in [5.74, 6) is 0.477. The lowest BCUT2D eigenvalue weighted by Crippen LogP contribution is -2.35. The van der Waals surface area contributed by atoms with Gasteiger partial charge in [0.25, 0.3) is 5.91 Å². The molecule has 2 N–H and O–H groups in total. The fourth-order valence-corrected chi connectivity index (χ4v) is 1.16. The van der Waals surface area contributed by atoms with E-state index in [-0.39, 0.29) is 18.6 Å². The van der Waals surface area contributed by atoms with Crippen molar-refractivity contribution >= 4 is 5.91 Å². The summed E-state index contributed by atoms with van der Waals surface area (Å²) in [6.45, 7) is 3.60. The smallest absolute Gasteiger partial charge is 0.255 e. The van der Waals surface area contributed by atoms with Gasteiger partial charge in [0.1, 0.15) is 5.76 Å². The zero-order valence-corrected chi connectivity index (χ0v) is 8.41. The molecule has 0 bridgehead atoms. The van der Waals surface area contributed by atoms with Gasteiger partial charge < -0.3 is 14.8 Å². The average molecular weight is 197 g/mol. The van der Waals surface area contributed by atoms with Crippen molar-refractivity contribution in [3.63, 3.8) is 0 Å². The molecule has 0 spiro atoms. The van der Waals surface area contributed by atoms with Crippen molar-refractivity contribution in [2.24, 2.45) is 0 Å². The lowest BCUT2D eigenvalue weighted by Gasteiger charge is -2.09. The van der Waals surface area contributed by atoms with Gasteiger partial charge in [-0.25, -0.2) is 0 Å². The first kappa shape index (κ1) is 10.8. The standard InChI is InChI=1S/C10H15NO3/c1-3-9-8(4-5-14-9)10(13)11-7(2)6-12/h4-5,7,12H,3,6H2,1-2H3,(H,11,13)/t7-/m1/s1. The molecule has 1 atom stereocenters. The number of carbonyl (C=O) groups is 1. The Kier molecular flexibility index (Phi) is 3.71. The summed E-state index contributed by atoms with van der Waals surface area (Å²) in [5.41, 5.74) is 0.549. The Morgan fingerprint density at radius 2 is 2.43 bits per heavy atom. The summed E-state index contributed by atoms with van der Waals surface area (Å²) >= 11 is 0. The zero-order chi connectivity index (χ0) is 10.6. The first-order valence-corrected chi connectivity index (χ1v) is 4.67. The second-order valence-corrected chi connectivity index (χ2v) is 3.17. The number of rotatable bonds is 4. The van der Waals surface area contributed by atoms with E-state index in [1.54, 1.807) is 13.0 Å². The molecule has 0 unspecified atom stereocenters. The van der Waals surface area contributed by atoms with Crippen LogP contribution >= 0.6 is 0 Å². The summed E-state index contributed by atoms with van der Waals surface area (Å²) in [7, 11) is 0. The highest BCUT2D eigenvalue weighted by molar-refractivity contribution is 5.95. The van der Waals surface area contributed by atoms with Crippen molar-refractivity contribution in [2.45, 2.75) is 26.3 Å². The third kappa shape index (κ3) is 2.35. The van der Waals surface area contributed by atoms with Crippen LogP contribution in [0.15, 0.2) is 16.7 Å². The Hall–Kier alpha value is -1.29. The summed E-state index contributed by atoms with van der Waals surface area (Å²) in [5, 5.41) is 11.4. The molecule has 0 aliphatic carbocycles. The van der Waals surface area contributed by atoms with E-state index in [9.17, 15) is 4.79 Å². The molecule has 1 aromatic rings. The maximum absolute atomic E-state index is 11.6. The van der Waals surface area contributed by atoms with Gasteiger partial charge in [-0.2, -0.15) is 0 Å². The highest BCUT2D eigenvalue weighted by atomic mass is 16.3. The molecule has 0 saturated heterocycles. The third-order valence-corrected chi connectivity index (χ3v) is 1.96. The van der Waals surface area contributed by atoms with Crippen LogP contribution in [0, 0.1) is 0 Å². The van der Waals surface area contributed by atoms with Crippen molar-refractivity contribution < 1.29 is 14.3 Å². The van der Waals surface area contributed by atoms with Gasteiger partial charge in [0.05, 0.1) is 18.4 Å². The molecule has 1 heterocycles. The van der Waals surface area contributed by atoms with Gasteiger partial charge in [-0.3, -0.25) is 4.79 Å². The van der Waals surface area contributed by atoms with Crippen molar-refractivity contribution in [3.8, 4) is 0 Å². The fourth-order valence-electron chi connectivity index (χ4n) is 1.16. The molecule has 14 heavy (non-hydrogen) atoms. The van der Waals surface area contributed by atoms with Gasteiger partial charge >= 0.3 is 0 Å². The van der Waals surface area contributed by atoms with E-state index < -0.39 is 0 Å². The Labute approximate surface area is 82.9 Å². The molecule has 78 valence electrons. The lowest BCUT2D eigenvalue weighted by atomic mass is 10.2. The fraction of sp³-hybridized carbons (Fsp3) is 0.500. The molecule has 4 nitrogen and oxygen atoms in total. The molecule has 0 aromatic carbocycles. The van der Waals surface area contributed by atoms with Crippen LogP contribution in [-0.2, 0) is 6.42 Å². The van der Waals surface area contributed by atoms with E-state index >= 15 is 0 Å². The van der Waals surface area contributed by atoms with Crippen LogP contribution < -0.4 is 5.32 Å². The van der Waals surface area contributed by atoms with Gasteiger partial charge in [0.2, 0.25) is 0 Å². The van der Waals surface area contributed by atoms with Crippen LogP contribution in [-0.4, -0.2) is 23.7 Å². The first-order valence-electron chi connectivity index (χ1n) is 4.67. The van der Waals surface area contributed by atoms with Crippen molar-refractivity contribution in [1.82, 2.24) is 5.32 Å². The monoisotopic (exact) mass is 197 g/mol. The van der Waals surface area contributed by atoms with Crippen LogP contribution in [0.5, 0.6) is 0 Å². The number of nitrogens with one attached hydrogen (secondary N) is 1. The molecule has 0 radical (unpaired) electrons. The minimum absolute atomic E-state index is 0.0644. The second-order valence-electron chi connectivity index (χ2n) is 3.17. The quantitative estimate of drug-likeness (QED) is 0.755. The molecule has 1 aromatic heterocycles. The van der Waals surface area contributed by atoms with E-state index in [2.05, 4.69) is 5.32 Å². The number of aryl methyl sites for hydroxylation is 1. The molecule has 1 rings (SSSR count). The molecule has 0 saturated carbocycles. The predicted octanol–water partition coefficient (Wildman–Crippen LogP) is 0.953. The Balaban J connectivity index is 2.69. The highest BCUT2D eigenvalue weighted by Crippen LogP contribution is 2.10. The van der Waals surface area contributed by atoms with Gasteiger partial charge in [0.15, 0.2) is 0 Å². The van der Waals surface area contributed by atoms with Crippen LogP contribution in [0.4, 0.5) is 0 Å². The van der Waals surface area contributed by atoms with Crippen LogP contribution in [0.2, 0.25) is 0 Å². The van der Waals surface area contributed by atoms with Gasteiger partial charge in [-0.15, -0.1) is 0 Å². The number of carbonyl (C=O) groups excluding carboxylic acids is 1. The summed E-state index contributed by atoms with van der Waals surface area (Å²) < 4.78 is 5.13. The number of furan rings is 1. The molecule has 0 aliphatic rings. The highest BCUT2D eigenvalue weighted by Gasteiger charge is 2.14. The van der Waals surface area contributed by atoms with Crippen molar-refractivity contribution in [1.29, 1.82) is 0 Å². The van der Waals surface area contributed by atoms with Gasteiger partial charge in [-0.1, -0.05) is 6.92 Å². The second kappa shape index (κ2) is 4.81. The average Bonchev–Trinajstić information content (AvgIpc) is 2.65. The van der Waals surface area contributed by atoms with Gasteiger partial charge in [0, 0.05) is 12.5 Å². The van der Waals surface area contributed by atoms with E-state index in [1.165, 1.54) is 6.26 Å². The van der Waals surface area contributed by atoms with Crippen molar-refractivity contribution in [3.05, 3.63) is 23.7 Å². The Morgan fingerprint density at radius 3 is 3.00 bits per heavy atom. The number of amides is 1. The third-order valence-electron chi connectivity index (χ3n) is 1.96. The number of aliphatic hydroxyl groups is 1. The number of hydrogen-bond donors (Lipinski definition) is 2. The Morgan fingerprint density at radius 1 is 1.71 bits per heavy atom. The maximum atomic E-state index is 11.6. The van der Waals surface area contributed by atoms with E-state index in [1.807, 2.05) is 6.92 Å². The summed E-state index contributed by atoms with van der Waals surface area (Å²) in [4.78, 5) is 11.6. The Bertz CT molecular complexity index is 306. The normalized spacial score (nSPS) is 12.5.